The fourth-order valence-electron chi connectivity index (χ4n) is 3.66. The second-order valence-electron chi connectivity index (χ2n) is 7.41. The zero-order valence-corrected chi connectivity index (χ0v) is 16.0. The molecule has 1 aliphatic rings. The molecule has 5 nitrogen and oxygen atoms in total. The second-order valence-corrected chi connectivity index (χ2v) is 7.41. The van der Waals surface area contributed by atoms with Crippen molar-refractivity contribution in [3.05, 3.63) is 64.7 Å². The first-order valence-electron chi connectivity index (χ1n) is 9.42. The van der Waals surface area contributed by atoms with Gasteiger partial charge in [0.25, 0.3) is 5.91 Å². The summed E-state index contributed by atoms with van der Waals surface area (Å²) in [6.45, 7) is 6.08. The lowest BCUT2D eigenvalue weighted by molar-refractivity contribution is -0.122. The molecule has 2 amide bonds. The van der Waals surface area contributed by atoms with E-state index in [1.54, 1.807) is 0 Å². The highest BCUT2D eigenvalue weighted by Gasteiger charge is 2.24. The van der Waals surface area contributed by atoms with Crippen molar-refractivity contribution in [1.82, 2.24) is 5.32 Å². The average molecular weight is 365 g/mol. The van der Waals surface area contributed by atoms with Gasteiger partial charge in [-0.3, -0.25) is 9.59 Å². The normalized spacial score (nSPS) is 16.8. The van der Waals surface area contributed by atoms with Crippen LogP contribution in [0.15, 0.2) is 42.5 Å². The Hall–Kier alpha value is -2.82. The minimum absolute atomic E-state index is 0.0637. The van der Waals surface area contributed by atoms with Crippen LogP contribution in [0, 0.1) is 19.8 Å². The maximum absolute atomic E-state index is 12.4. The Kier molecular flexibility index (Phi) is 5.79. The van der Waals surface area contributed by atoms with Gasteiger partial charge in [-0.1, -0.05) is 29.3 Å². The molecule has 27 heavy (non-hydrogen) atoms. The van der Waals surface area contributed by atoms with Gasteiger partial charge in [0.2, 0.25) is 5.91 Å². The number of nitrogens with zero attached hydrogens (tertiary/aromatic N) is 1. The highest BCUT2D eigenvalue weighted by atomic mass is 16.2. The van der Waals surface area contributed by atoms with Gasteiger partial charge in [0, 0.05) is 30.9 Å². The first-order chi connectivity index (χ1) is 12.9. The van der Waals surface area contributed by atoms with E-state index in [0.717, 1.165) is 41.8 Å². The van der Waals surface area contributed by atoms with E-state index in [9.17, 15) is 9.59 Å². The van der Waals surface area contributed by atoms with Gasteiger partial charge in [0.1, 0.15) is 0 Å². The molecule has 0 aromatic heterocycles. The molecule has 0 aliphatic carbocycles. The number of amides is 2. The van der Waals surface area contributed by atoms with E-state index in [4.69, 9.17) is 5.73 Å². The van der Waals surface area contributed by atoms with Crippen LogP contribution in [-0.2, 0) is 11.3 Å². The number of rotatable bonds is 5. The molecule has 0 spiro atoms. The number of nitrogens with one attached hydrogen (secondary N) is 1. The van der Waals surface area contributed by atoms with Gasteiger partial charge in [-0.2, -0.15) is 0 Å². The monoisotopic (exact) mass is 365 g/mol. The van der Waals surface area contributed by atoms with Crippen molar-refractivity contribution in [2.75, 3.05) is 18.0 Å². The molecule has 142 valence electrons. The quantitative estimate of drug-likeness (QED) is 0.855. The standard InChI is InChI=1S/C22H27N3O2/c1-15-10-16(2)12-19(11-15)22(27)24-13-17-5-7-20(8-6-17)25-9-3-4-18(14-25)21(23)26/h5-8,10-12,18H,3-4,9,13-14H2,1-2H3,(H2,23,26)(H,24,27). The highest BCUT2D eigenvalue weighted by Crippen LogP contribution is 2.23. The molecule has 2 aromatic carbocycles. The smallest absolute Gasteiger partial charge is 0.251 e. The van der Waals surface area contributed by atoms with Gasteiger partial charge >= 0.3 is 0 Å². The zero-order chi connectivity index (χ0) is 19.4. The first-order valence-corrected chi connectivity index (χ1v) is 9.42. The molecule has 1 atom stereocenters. The highest BCUT2D eigenvalue weighted by molar-refractivity contribution is 5.94. The van der Waals surface area contributed by atoms with Gasteiger partial charge in [0.15, 0.2) is 0 Å². The van der Waals surface area contributed by atoms with Gasteiger partial charge in [0.05, 0.1) is 5.92 Å². The van der Waals surface area contributed by atoms with Crippen molar-refractivity contribution < 1.29 is 9.59 Å². The number of hydrogen-bond acceptors (Lipinski definition) is 3. The van der Waals surface area contributed by atoms with E-state index in [1.165, 1.54) is 0 Å². The second kappa shape index (κ2) is 8.25. The van der Waals surface area contributed by atoms with Crippen molar-refractivity contribution in [1.29, 1.82) is 0 Å². The Labute approximate surface area is 160 Å². The number of primary amides is 1. The predicted octanol–water partition coefficient (Wildman–Crippen LogP) is 2.94. The summed E-state index contributed by atoms with van der Waals surface area (Å²) in [5.41, 5.74) is 10.4. The van der Waals surface area contributed by atoms with E-state index in [1.807, 2.05) is 50.2 Å². The number of piperidine rings is 1. The van der Waals surface area contributed by atoms with E-state index in [-0.39, 0.29) is 17.7 Å². The third kappa shape index (κ3) is 4.88. The van der Waals surface area contributed by atoms with Crippen molar-refractivity contribution in [2.24, 2.45) is 11.7 Å². The first kappa shape index (κ1) is 19.0. The van der Waals surface area contributed by atoms with Crippen LogP contribution >= 0.6 is 0 Å². The van der Waals surface area contributed by atoms with Crippen molar-refractivity contribution in [2.45, 2.75) is 33.2 Å². The maximum atomic E-state index is 12.4. The summed E-state index contributed by atoms with van der Waals surface area (Å²) in [5.74, 6) is -0.355. The summed E-state index contributed by atoms with van der Waals surface area (Å²) in [7, 11) is 0. The summed E-state index contributed by atoms with van der Waals surface area (Å²) in [6, 6.07) is 14.0. The van der Waals surface area contributed by atoms with Crippen LogP contribution in [0.3, 0.4) is 0 Å². The molecule has 1 heterocycles. The molecule has 0 saturated carbocycles. The van der Waals surface area contributed by atoms with E-state index in [2.05, 4.69) is 16.3 Å². The Morgan fingerprint density at radius 2 is 1.78 bits per heavy atom. The Bertz CT molecular complexity index is 810. The van der Waals surface area contributed by atoms with Crippen LogP contribution in [0.5, 0.6) is 0 Å². The van der Waals surface area contributed by atoms with Crippen LogP contribution in [-0.4, -0.2) is 24.9 Å². The molecular weight excluding hydrogens is 338 g/mol. The van der Waals surface area contributed by atoms with E-state index >= 15 is 0 Å². The Morgan fingerprint density at radius 3 is 2.41 bits per heavy atom. The number of carbonyl (C=O) groups is 2. The lowest BCUT2D eigenvalue weighted by Gasteiger charge is -2.33. The lowest BCUT2D eigenvalue weighted by Crippen LogP contribution is -2.41. The van der Waals surface area contributed by atoms with Crippen LogP contribution < -0.4 is 16.0 Å². The van der Waals surface area contributed by atoms with Crippen LogP contribution in [0.4, 0.5) is 5.69 Å². The van der Waals surface area contributed by atoms with Crippen molar-refractivity contribution in [3.8, 4) is 0 Å². The molecule has 2 aromatic rings. The Balaban J connectivity index is 1.59. The summed E-state index contributed by atoms with van der Waals surface area (Å²) in [6.07, 6.45) is 1.84. The molecule has 0 bridgehead atoms. The molecule has 3 rings (SSSR count). The summed E-state index contributed by atoms with van der Waals surface area (Å²) in [4.78, 5) is 26.0. The van der Waals surface area contributed by atoms with Gasteiger partial charge in [-0.15, -0.1) is 0 Å². The molecule has 1 aliphatic heterocycles. The number of nitrogens with two attached hydrogens (primary N) is 1. The number of carbonyl (C=O) groups excluding carboxylic acids is 2. The summed E-state index contributed by atoms with van der Waals surface area (Å²) >= 11 is 0. The average Bonchev–Trinajstić information content (AvgIpc) is 2.66. The fourth-order valence-corrected chi connectivity index (χ4v) is 3.66. The predicted molar refractivity (Wildman–Crippen MR) is 108 cm³/mol. The molecule has 1 unspecified atom stereocenters. The van der Waals surface area contributed by atoms with Gasteiger partial charge < -0.3 is 16.0 Å². The third-order valence-corrected chi connectivity index (χ3v) is 5.06. The lowest BCUT2D eigenvalue weighted by atomic mass is 9.97. The molecule has 3 N–H and O–H groups in total. The van der Waals surface area contributed by atoms with Crippen LogP contribution in [0.1, 0.15) is 39.9 Å². The molecule has 1 saturated heterocycles. The van der Waals surface area contributed by atoms with Crippen molar-refractivity contribution >= 4 is 17.5 Å². The summed E-state index contributed by atoms with van der Waals surface area (Å²) in [5, 5.41) is 2.98. The van der Waals surface area contributed by atoms with Crippen LogP contribution in [0.25, 0.3) is 0 Å². The zero-order valence-electron chi connectivity index (χ0n) is 16.0. The minimum atomic E-state index is -0.217. The largest absolute Gasteiger partial charge is 0.371 e. The van der Waals surface area contributed by atoms with E-state index < -0.39 is 0 Å². The van der Waals surface area contributed by atoms with Gasteiger partial charge in [-0.25, -0.2) is 0 Å². The van der Waals surface area contributed by atoms with Crippen molar-refractivity contribution in [3.63, 3.8) is 0 Å². The molecule has 0 radical (unpaired) electrons. The maximum Gasteiger partial charge on any atom is 0.251 e. The topological polar surface area (TPSA) is 75.4 Å². The SMILES string of the molecule is Cc1cc(C)cc(C(=O)NCc2ccc(N3CCCC(C(N)=O)C3)cc2)c1. The van der Waals surface area contributed by atoms with E-state index in [0.29, 0.717) is 18.7 Å². The van der Waals surface area contributed by atoms with Gasteiger partial charge in [-0.05, 0) is 56.5 Å². The Morgan fingerprint density at radius 1 is 1.11 bits per heavy atom. The number of hydrogen-bond donors (Lipinski definition) is 2. The van der Waals surface area contributed by atoms with Crippen LogP contribution in [0.2, 0.25) is 0 Å². The number of anilines is 1. The fraction of sp³-hybridized carbons (Fsp3) is 0.364. The molecule has 1 fully saturated rings. The summed E-state index contributed by atoms with van der Waals surface area (Å²) < 4.78 is 0. The molecular formula is C22H27N3O2. The number of benzene rings is 2. The minimum Gasteiger partial charge on any atom is -0.371 e. The number of aryl methyl sites for hydroxylation is 2. The third-order valence-electron chi connectivity index (χ3n) is 5.06. The molecule has 5 heteroatoms.